The Bertz CT molecular complexity index is 1140. The molecule has 0 saturated carbocycles. The average molecular weight is 452 g/mol. The number of aryl methyl sites for hydroxylation is 2. The van der Waals surface area contributed by atoms with E-state index in [-0.39, 0.29) is 17.6 Å². The zero-order valence-corrected chi connectivity index (χ0v) is 19.1. The molecule has 1 fully saturated rings. The molecule has 1 atom stereocenters. The number of hydrogen-bond donors (Lipinski definition) is 0. The fourth-order valence-electron chi connectivity index (χ4n) is 3.87. The summed E-state index contributed by atoms with van der Waals surface area (Å²) in [5, 5.41) is 12.1. The second-order valence-corrected chi connectivity index (χ2v) is 8.94. The minimum atomic E-state index is -0.447. The summed E-state index contributed by atoms with van der Waals surface area (Å²) in [6.07, 6.45) is 0.691. The monoisotopic (exact) mass is 451 g/mol. The van der Waals surface area contributed by atoms with Crippen LogP contribution in [0.3, 0.4) is 0 Å². The first-order valence-electron chi connectivity index (χ1n) is 10.5. The van der Waals surface area contributed by atoms with Crippen LogP contribution in [-0.4, -0.2) is 50.8 Å². The van der Waals surface area contributed by atoms with Crippen molar-refractivity contribution in [3.63, 3.8) is 0 Å². The number of piperazine rings is 1. The lowest BCUT2D eigenvalue weighted by Gasteiger charge is -2.39. The molecule has 0 N–H and O–H groups in total. The van der Waals surface area contributed by atoms with Crippen LogP contribution in [0, 0.1) is 24.0 Å². The van der Waals surface area contributed by atoms with Crippen LogP contribution in [0.25, 0.3) is 0 Å². The minimum absolute atomic E-state index is 0.0305. The van der Waals surface area contributed by atoms with Crippen molar-refractivity contribution in [1.82, 2.24) is 14.3 Å². The highest BCUT2D eigenvalue weighted by atomic mass is 32.1. The molecule has 1 saturated heterocycles. The number of aromatic nitrogens is 2. The molecule has 4 rings (SSSR count). The number of nitrogens with zero attached hydrogens (tertiary/aromatic N) is 5. The Hall–Kier alpha value is -3.33. The Labute approximate surface area is 190 Å². The van der Waals surface area contributed by atoms with Gasteiger partial charge in [-0.1, -0.05) is 35.9 Å². The van der Waals surface area contributed by atoms with E-state index in [1.807, 2.05) is 6.92 Å². The van der Waals surface area contributed by atoms with Gasteiger partial charge in [0.15, 0.2) is 0 Å². The van der Waals surface area contributed by atoms with E-state index in [1.54, 1.807) is 24.0 Å². The molecule has 1 aliphatic heterocycles. The van der Waals surface area contributed by atoms with Crippen molar-refractivity contribution in [3.8, 4) is 0 Å². The van der Waals surface area contributed by atoms with Crippen LogP contribution in [0.4, 0.5) is 10.8 Å². The summed E-state index contributed by atoms with van der Waals surface area (Å²) >= 11 is 1.38. The van der Waals surface area contributed by atoms with E-state index in [9.17, 15) is 14.9 Å². The van der Waals surface area contributed by atoms with Crippen molar-refractivity contribution >= 4 is 28.3 Å². The Balaban J connectivity index is 1.42. The van der Waals surface area contributed by atoms with Crippen molar-refractivity contribution in [2.45, 2.75) is 33.2 Å². The van der Waals surface area contributed by atoms with Crippen LogP contribution < -0.4 is 4.90 Å². The largest absolute Gasteiger partial charge is 0.343 e. The molecule has 1 amide bonds. The summed E-state index contributed by atoms with van der Waals surface area (Å²) in [7, 11) is 0. The molecule has 9 heteroatoms. The SMILES string of the molecule is Cc1ccc(Cc2nsc(N3CCN(C(=O)c4ccc(C)c([N+](=O)[O-])c4)C(C)C3)n2)cc1. The number of carbonyl (C=O) groups excluding carboxylic acids is 1. The smallest absolute Gasteiger partial charge is 0.273 e. The van der Waals surface area contributed by atoms with E-state index < -0.39 is 4.92 Å². The highest BCUT2D eigenvalue weighted by Crippen LogP contribution is 2.25. The summed E-state index contributed by atoms with van der Waals surface area (Å²) < 4.78 is 4.51. The topological polar surface area (TPSA) is 92.5 Å². The summed E-state index contributed by atoms with van der Waals surface area (Å²) in [5.74, 6) is 0.615. The standard InChI is InChI=1S/C23H25N5O3S/c1-15-4-7-18(8-5-15)12-21-24-23(32-25-21)26-10-11-27(17(3)14-26)22(29)19-9-6-16(2)20(13-19)28(30)31/h4-9,13,17H,10-12,14H2,1-3H3. The molecule has 0 bridgehead atoms. The van der Waals surface area contributed by atoms with Crippen LogP contribution in [0.2, 0.25) is 0 Å². The first-order valence-corrected chi connectivity index (χ1v) is 11.3. The maximum absolute atomic E-state index is 13.0. The van der Waals surface area contributed by atoms with Crippen LogP contribution in [0.5, 0.6) is 0 Å². The molecular formula is C23H25N5O3S. The Morgan fingerprint density at radius 1 is 1.19 bits per heavy atom. The second-order valence-electron chi connectivity index (χ2n) is 8.21. The normalized spacial score (nSPS) is 16.3. The molecule has 0 aliphatic carbocycles. The molecule has 2 heterocycles. The molecule has 32 heavy (non-hydrogen) atoms. The zero-order chi connectivity index (χ0) is 22.8. The van der Waals surface area contributed by atoms with Gasteiger partial charge < -0.3 is 9.80 Å². The number of rotatable bonds is 5. The van der Waals surface area contributed by atoms with Gasteiger partial charge in [0.1, 0.15) is 5.82 Å². The van der Waals surface area contributed by atoms with Crippen LogP contribution in [0.15, 0.2) is 42.5 Å². The lowest BCUT2D eigenvalue weighted by molar-refractivity contribution is -0.385. The number of carbonyl (C=O) groups is 1. The van der Waals surface area contributed by atoms with E-state index in [1.165, 1.54) is 28.7 Å². The zero-order valence-electron chi connectivity index (χ0n) is 18.3. The summed E-state index contributed by atoms with van der Waals surface area (Å²) in [4.78, 5) is 32.5. The van der Waals surface area contributed by atoms with Crippen LogP contribution >= 0.6 is 11.5 Å². The summed E-state index contributed by atoms with van der Waals surface area (Å²) in [6.45, 7) is 7.52. The molecule has 3 aromatic rings. The first-order chi connectivity index (χ1) is 15.3. The highest BCUT2D eigenvalue weighted by Gasteiger charge is 2.30. The number of nitro benzene ring substituents is 1. The molecule has 2 aromatic carbocycles. The van der Waals surface area contributed by atoms with E-state index in [2.05, 4.69) is 40.5 Å². The molecule has 0 radical (unpaired) electrons. The molecule has 1 aromatic heterocycles. The van der Waals surface area contributed by atoms with Gasteiger partial charge in [-0.05, 0) is 32.4 Å². The van der Waals surface area contributed by atoms with Gasteiger partial charge >= 0.3 is 0 Å². The van der Waals surface area contributed by atoms with Gasteiger partial charge in [0.05, 0.1) is 4.92 Å². The lowest BCUT2D eigenvalue weighted by atomic mass is 10.1. The number of nitro groups is 1. The Morgan fingerprint density at radius 3 is 2.62 bits per heavy atom. The van der Waals surface area contributed by atoms with Crippen molar-refractivity contribution in [1.29, 1.82) is 0 Å². The van der Waals surface area contributed by atoms with Crippen LogP contribution in [0.1, 0.15) is 39.8 Å². The van der Waals surface area contributed by atoms with Gasteiger partial charge in [-0.3, -0.25) is 14.9 Å². The summed E-state index contributed by atoms with van der Waals surface area (Å²) in [6, 6.07) is 13.0. The highest BCUT2D eigenvalue weighted by molar-refractivity contribution is 7.09. The van der Waals surface area contributed by atoms with Gasteiger partial charge in [0.2, 0.25) is 5.13 Å². The fraction of sp³-hybridized carbons (Fsp3) is 0.348. The van der Waals surface area contributed by atoms with E-state index >= 15 is 0 Å². The maximum atomic E-state index is 13.0. The number of benzene rings is 2. The van der Waals surface area contributed by atoms with Gasteiger partial charge in [-0.25, -0.2) is 4.98 Å². The van der Waals surface area contributed by atoms with Crippen molar-refractivity contribution in [3.05, 3.63) is 80.7 Å². The minimum Gasteiger partial charge on any atom is -0.343 e. The van der Waals surface area contributed by atoms with Gasteiger partial charge in [-0.2, -0.15) is 4.37 Å². The van der Waals surface area contributed by atoms with E-state index in [0.717, 1.165) is 11.0 Å². The maximum Gasteiger partial charge on any atom is 0.273 e. The third-order valence-corrected chi connectivity index (χ3v) is 6.57. The Kier molecular flexibility index (Phi) is 6.18. The van der Waals surface area contributed by atoms with E-state index in [0.29, 0.717) is 37.2 Å². The van der Waals surface area contributed by atoms with E-state index in [4.69, 9.17) is 4.98 Å². The molecule has 1 unspecified atom stereocenters. The third kappa shape index (κ3) is 4.62. The summed E-state index contributed by atoms with van der Waals surface area (Å²) in [5.41, 5.74) is 3.26. The predicted octanol–water partition coefficient (Wildman–Crippen LogP) is 4.00. The quantitative estimate of drug-likeness (QED) is 0.430. The predicted molar refractivity (Wildman–Crippen MR) is 124 cm³/mol. The molecule has 0 spiro atoms. The second kappa shape index (κ2) is 9.04. The molecule has 166 valence electrons. The van der Waals surface area contributed by atoms with Crippen molar-refractivity contribution in [2.24, 2.45) is 0 Å². The molecule has 8 nitrogen and oxygen atoms in total. The van der Waals surface area contributed by atoms with Gasteiger partial charge in [0.25, 0.3) is 11.6 Å². The Morgan fingerprint density at radius 2 is 1.94 bits per heavy atom. The average Bonchev–Trinajstić information content (AvgIpc) is 3.23. The number of amides is 1. The number of anilines is 1. The lowest BCUT2D eigenvalue weighted by Crippen LogP contribution is -2.54. The van der Waals surface area contributed by atoms with Gasteiger partial charge in [0, 0.05) is 60.8 Å². The molecular weight excluding hydrogens is 426 g/mol. The fourth-order valence-corrected chi connectivity index (χ4v) is 4.59. The van der Waals surface area contributed by atoms with Crippen molar-refractivity contribution < 1.29 is 9.72 Å². The van der Waals surface area contributed by atoms with Crippen LogP contribution in [-0.2, 0) is 6.42 Å². The third-order valence-electron chi connectivity index (χ3n) is 5.75. The first kappa shape index (κ1) is 21.9. The van der Waals surface area contributed by atoms with Gasteiger partial charge in [-0.15, -0.1) is 0 Å². The number of hydrogen-bond acceptors (Lipinski definition) is 7. The molecule has 1 aliphatic rings. The van der Waals surface area contributed by atoms with Crippen molar-refractivity contribution in [2.75, 3.05) is 24.5 Å².